The van der Waals surface area contributed by atoms with Crippen LogP contribution in [0.5, 0.6) is 0 Å². The Hall–Kier alpha value is -0.860. The van der Waals surface area contributed by atoms with Gasteiger partial charge >= 0.3 is 0 Å². The third kappa shape index (κ3) is 1.73. The van der Waals surface area contributed by atoms with Gasteiger partial charge in [0.25, 0.3) is 0 Å². The maximum Gasteiger partial charge on any atom is 0.224 e. The molecule has 0 saturated carbocycles. The fourth-order valence-electron chi connectivity index (χ4n) is 0.236. The van der Waals surface area contributed by atoms with Crippen LogP contribution in [0.3, 0.4) is 0 Å². The summed E-state index contributed by atoms with van der Waals surface area (Å²) in [6, 6.07) is 0. The molecule has 3 nitrogen and oxygen atoms in total. The topological polar surface area (TPSA) is 44.2 Å². The molecule has 0 aromatic rings. The van der Waals surface area contributed by atoms with E-state index in [1.807, 2.05) is 0 Å². The number of rotatable bonds is 0. The Balaban J connectivity index is 3.83. The second kappa shape index (κ2) is 2.45. The lowest BCUT2D eigenvalue weighted by molar-refractivity contribution is -0.124. The smallest absolute Gasteiger partial charge is 0.224 e. The molecular formula is C5H10N2O. The van der Waals surface area contributed by atoms with Crippen LogP contribution in [0.25, 0.3) is 0 Å². The molecule has 3 heteroatoms. The molecule has 0 unspecified atom stereocenters. The van der Waals surface area contributed by atoms with Crippen molar-refractivity contribution in [2.45, 2.75) is 13.8 Å². The van der Waals surface area contributed by atoms with Gasteiger partial charge < -0.3 is 4.90 Å². The summed E-state index contributed by atoms with van der Waals surface area (Å²) >= 11 is 0. The Morgan fingerprint density at radius 2 is 1.88 bits per heavy atom. The summed E-state index contributed by atoms with van der Waals surface area (Å²) in [6.07, 6.45) is 0. The summed E-state index contributed by atoms with van der Waals surface area (Å²) in [5.74, 6) is 0.176. The molecule has 0 aromatic heterocycles. The molecule has 0 aliphatic rings. The SMILES string of the molecule is CC(=N)N(C)C(C)=O. The van der Waals surface area contributed by atoms with Gasteiger partial charge in [0.2, 0.25) is 5.91 Å². The van der Waals surface area contributed by atoms with Crippen LogP contribution in [0, 0.1) is 5.41 Å². The fourth-order valence-corrected chi connectivity index (χ4v) is 0.236. The van der Waals surface area contributed by atoms with Gasteiger partial charge in [0.15, 0.2) is 0 Å². The Bertz CT molecular complexity index is 106. The first-order chi connectivity index (χ1) is 3.55. The van der Waals surface area contributed by atoms with Crippen LogP contribution in [-0.4, -0.2) is 23.7 Å². The monoisotopic (exact) mass is 114 g/mol. The van der Waals surface area contributed by atoms with E-state index in [2.05, 4.69) is 0 Å². The van der Waals surface area contributed by atoms with Gasteiger partial charge in [-0.25, -0.2) is 0 Å². The minimum absolute atomic E-state index is 0.0995. The van der Waals surface area contributed by atoms with E-state index in [1.54, 1.807) is 14.0 Å². The Morgan fingerprint density at radius 3 is 1.88 bits per heavy atom. The van der Waals surface area contributed by atoms with Gasteiger partial charge in [0.05, 0.1) is 5.84 Å². The highest BCUT2D eigenvalue weighted by atomic mass is 16.2. The van der Waals surface area contributed by atoms with E-state index in [0.29, 0.717) is 0 Å². The maximum atomic E-state index is 10.4. The lowest BCUT2D eigenvalue weighted by Gasteiger charge is -2.10. The highest BCUT2D eigenvalue weighted by molar-refractivity contribution is 5.93. The number of nitrogens with one attached hydrogen (secondary N) is 1. The van der Waals surface area contributed by atoms with E-state index < -0.39 is 0 Å². The largest absolute Gasteiger partial charge is 0.304 e. The molecule has 0 radical (unpaired) electrons. The molecular weight excluding hydrogens is 104 g/mol. The highest BCUT2D eigenvalue weighted by Crippen LogP contribution is 1.82. The van der Waals surface area contributed by atoms with Gasteiger partial charge in [-0.3, -0.25) is 10.2 Å². The summed E-state index contributed by atoms with van der Waals surface area (Å²) in [6.45, 7) is 3.00. The minimum Gasteiger partial charge on any atom is -0.304 e. The highest BCUT2D eigenvalue weighted by Gasteiger charge is 2.00. The van der Waals surface area contributed by atoms with Crippen LogP contribution in [0.1, 0.15) is 13.8 Å². The average molecular weight is 114 g/mol. The van der Waals surface area contributed by atoms with Gasteiger partial charge in [-0.2, -0.15) is 0 Å². The number of carbonyl (C=O) groups is 1. The lowest BCUT2D eigenvalue weighted by Crippen LogP contribution is -2.27. The summed E-state index contributed by atoms with van der Waals surface area (Å²) < 4.78 is 0. The molecule has 1 amide bonds. The van der Waals surface area contributed by atoms with Gasteiger partial charge in [-0.1, -0.05) is 0 Å². The van der Waals surface area contributed by atoms with Crippen LogP contribution >= 0.6 is 0 Å². The minimum atomic E-state index is -0.0995. The predicted octanol–water partition coefficient (Wildman–Crippen LogP) is 0.462. The Kier molecular flexibility index (Phi) is 2.19. The number of amidine groups is 1. The van der Waals surface area contributed by atoms with E-state index in [0.717, 1.165) is 0 Å². The summed E-state index contributed by atoms with van der Waals surface area (Å²) in [7, 11) is 1.57. The molecule has 0 bridgehead atoms. The molecule has 0 spiro atoms. The van der Waals surface area contributed by atoms with Crippen molar-refractivity contribution in [3.63, 3.8) is 0 Å². The zero-order chi connectivity index (χ0) is 6.73. The molecule has 46 valence electrons. The molecule has 0 atom stereocenters. The zero-order valence-electron chi connectivity index (χ0n) is 5.36. The Morgan fingerprint density at radius 1 is 1.50 bits per heavy atom. The van der Waals surface area contributed by atoms with Gasteiger partial charge in [-0.15, -0.1) is 0 Å². The molecule has 0 fully saturated rings. The van der Waals surface area contributed by atoms with Crippen LogP contribution < -0.4 is 0 Å². The van der Waals surface area contributed by atoms with Crippen LogP contribution in [0.4, 0.5) is 0 Å². The van der Waals surface area contributed by atoms with E-state index in [-0.39, 0.29) is 11.7 Å². The van der Waals surface area contributed by atoms with Crippen molar-refractivity contribution in [3.05, 3.63) is 0 Å². The molecule has 0 rings (SSSR count). The van der Waals surface area contributed by atoms with Gasteiger partial charge in [0.1, 0.15) is 0 Å². The number of hydrogen-bond donors (Lipinski definition) is 1. The molecule has 0 aromatic carbocycles. The zero-order valence-corrected chi connectivity index (χ0v) is 5.36. The van der Waals surface area contributed by atoms with Crippen molar-refractivity contribution in [2.24, 2.45) is 0 Å². The summed E-state index contributed by atoms with van der Waals surface area (Å²) in [5, 5.41) is 6.94. The van der Waals surface area contributed by atoms with E-state index in [4.69, 9.17) is 5.41 Å². The lowest BCUT2D eigenvalue weighted by atomic mass is 10.5. The van der Waals surface area contributed by atoms with Crippen LogP contribution in [0.2, 0.25) is 0 Å². The quantitative estimate of drug-likeness (QED) is 0.361. The first kappa shape index (κ1) is 7.14. The first-order valence-corrected chi connectivity index (χ1v) is 2.35. The number of amides is 1. The van der Waals surface area contributed by atoms with Crippen LogP contribution in [0.15, 0.2) is 0 Å². The first-order valence-electron chi connectivity index (χ1n) is 2.35. The van der Waals surface area contributed by atoms with E-state index in [1.165, 1.54) is 11.8 Å². The molecule has 1 N–H and O–H groups in total. The standard InChI is InChI=1S/C5H10N2O/c1-4(6)7(3)5(2)8/h6H,1-3H3. The molecule has 8 heavy (non-hydrogen) atoms. The second-order valence-electron chi connectivity index (χ2n) is 1.66. The third-order valence-corrected chi connectivity index (χ3v) is 0.975. The van der Waals surface area contributed by atoms with Gasteiger partial charge in [0, 0.05) is 14.0 Å². The van der Waals surface area contributed by atoms with Crippen molar-refractivity contribution in [1.82, 2.24) is 4.90 Å². The number of nitrogens with zero attached hydrogens (tertiary/aromatic N) is 1. The fraction of sp³-hybridized carbons (Fsp3) is 0.600. The number of hydrogen-bond acceptors (Lipinski definition) is 2. The van der Waals surface area contributed by atoms with E-state index >= 15 is 0 Å². The van der Waals surface area contributed by atoms with Gasteiger partial charge in [-0.05, 0) is 6.92 Å². The van der Waals surface area contributed by atoms with Crippen molar-refractivity contribution < 1.29 is 4.79 Å². The number of carbonyl (C=O) groups excluding carboxylic acids is 1. The van der Waals surface area contributed by atoms with Crippen molar-refractivity contribution in [3.8, 4) is 0 Å². The Labute approximate surface area is 48.8 Å². The van der Waals surface area contributed by atoms with Crippen molar-refractivity contribution in [2.75, 3.05) is 7.05 Å². The molecule has 0 aliphatic carbocycles. The molecule has 0 aliphatic heterocycles. The summed E-state index contributed by atoms with van der Waals surface area (Å²) in [5.41, 5.74) is 0. The maximum absolute atomic E-state index is 10.4. The van der Waals surface area contributed by atoms with Crippen molar-refractivity contribution >= 4 is 11.7 Å². The molecule has 0 heterocycles. The third-order valence-electron chi connectivity index (χ3n) is 0.975. The summed E-state index contributed by atoms with van der Waals surface area (Å²) in [4.78, 5) is 11.6. The average Bonchev–Trinajstić information content (AvgIpc) is 1.64. The normalized spacial score (nSPS) is 8.38. The van der Waals surface area contributed by atoms with Crippen molar-refractivity contribution in [1.29, 1.82) is 5.41 Å². The predicted molar refractivity (Wildman–Crippen MR) is 31.8 cm³/mol. The van der Waals surface area contributed by atoms with E-state index in [9.17, 15) is 4.79 Å². The molecule has 0 saturated heterocycles. The second-order valence-corrected chi connectivity index (χ2v) is 1.66. The van der Waals surface area contributed by atoms with Crippen LogP contribution in [-0.2, 0) is 4.79 Å².